The van der Waals surface area contributed by atoms with Gasteiger partial charge in [0.25, 0.3) is 0 Å². The first-order chi connectivity index (χ1) is 23.2. The molecular formula is C34H24N2. The van der Waals surface area contributed by atoms with E-state index in [0.717, 1.165) is 22.5 Å². The first-order valence-corrected chi connectivity index (χ1v) is 11.3. The summed E-state index contributed by atoms with van der Waals surface area (Å²) in [7, 11) is 0. The van der Waals surface area contributed by atoms with Crippen LogP contribution >= 0.6 is 0 Å². The number of imidazole rings is 1. The third kappa shape index (κ3) is 3.15. The van der Waals surface area contributed by atoms with E-state index in [4.69, 9.17) is 17.8 Å². The lowest BCUT2D eigenvalue weighted by Gasteiger charge is -2.18. The van der Waals surface area contributed by atoms with Crippen molar-refractivity contribution in [2.45, 2.75) is 6.92 Å². The van der Waals surface area contributed by atoms with Gasteiger partial charge in [-0.15, -0.1) is 0 Å². The number of fused-ring (bicyclic) bond motifs is 3. The van der Waals surface area contributed by atoms with E-state index >= 15 is 0 Å². The Morgan fingerprint density at radius 3 is 1.72 bits per heavy atom. The average molecular weight is 474 g/mol. The van der Waals surface area contributed by atoms with Gasteiger partial charge in [0, 0.05) is 5.69 Å². The molecule has 6 aromatic carbocycles. The minimum absolute atomic E-state index is 0.0823. The fraction of sp³-hybridized carbons (Fsp3) is 0.0294. The van der Waals surface area contributed by atoms with E-state index in [2.05, 4.69) is 4.98 Å². The Labute approximate surface area is 228 Å². The quantitative estimate of drug-likeness (QED) is 0.234. The van der Waals surface area contributed by atoms with Crippen LogP contribution in [0.5, 0.6) is 0 Å². The molecule has 7 aromatic rings. The minimum atomic E-state index is -0.707. The number of nitrogens with zero attached hydrogens (tertiary/aromatic N) is 2. The molecule has 0 saturated carbocycles. The molecule has 1 aromatic heterocycles. The summed E-state index contributed by atoms with van der Waals surface area (Å²) in [5.74, 6) is 0.719. The zero-order valence-electron chi connectivity index (χ0n) is 32.0. The number of rotatable bonds is 3. The summed E-state index contributed by atoms with van der Waals surface area (Å²) in [6.45, 7) is 1.86. The SMILES string of the molecule is [2H]c1c([2H])c([2H])c(-c2c3c([2H])c([2H])c([2H])c([2H])c3c(-c3ccc(-n4c(C)nc5ccccc54)cc3)c3c([2H])c([2H])c([2H])c([2H])c23)c([2H])c1[2H]. The molecule has 0 N–H and O–H groups in total. The standard InChI is InChI=1S/C34H24N2/c1-23-35-31-17-9-10-18-32(31)36(23)26-21-19-25(20-22-26)34-29-15-7-5-13-27(29)33(24-11-3-2-4-12-24)28-14-6-8-16-30(28)34/h2-22H,1H3/i2D,3D,4D,5D,6D,7D,8D,11D,12D,13D,14D,15D,16D. The molecule has 1 heterocycles. The van der Waals surface area contributed by atoms with E-state index in [1.165, 1.54) is 0 Å². The molecule has 2 heteroatoms. The van der Waals surface area contributed by atoms with Crippen molar-refractivity contribution in [2.24, 2.45) is 0 Å². The predicted octanol–water partition coefficient (Wildman–Crippen LogP) is 8.97. The van der Waals surface area contributed by atoms with Crippen LogP contribution in [0.4, 0.5) is 0 Å². The average Bonchev–Trinajstić information content (AvgIpc) is 3.44. The zero-order chi connectivity index (χ0) is 35.4. The van der Waals surface area contributed by atoms with Crippen molar-refractivity contribution in [3.05, 3.63) is 133 Å². The Kier molecular flexibility index (Phi) is 2.59. The third-order valence-electron chi connectivity index (χ3n) is 6.27. The number of aryl methyl sites for hydroxylation is 1. The number of para-hydroxylation sites is 2. The van der Waals surface area contributed by atoms with Crippen LogP contribution in [-0.2, 0) is 0 Å². The van der Waals surface area contributed by atoms with Crippen molar-refractivity contribution < 1.29 is 17.8 Å². The Hall–Kier alpha value is -4.69. The van der Waals surface area contributed by atoms with E-state index in [9.17, 15) is 0 Å². The van der Waals surface area contributed by atoms with Crippen molar-refractivity contribution >= 4 is 32.6 Å². The second kappa shape index (κ2) is 8.21. The van der Waals surface area contributed by atoms with Crippen LogP contribution in [0, 0.1) is 6.92 Å². The molecule has 0 saturated heterocycles. The summed E-state index contributed by atoms with van der Waals surface area (Å²) in [6, 6.07) is 6.28. The molecular weight excluding hydrogens is 436 g/mol. The van der Waals surface area contributed by atoms with Crippen molar-refractivity contribution in [1.82, 2.24) is 9.55 Å². The fourth-order valence-corrected chi connectivity index (χ4v) is 4.79. The van der Waals surface area contributed by atoms with Gasteiger partial charge in [-0.1, -0.05) is 103 Å². The molecule has 2 nitrogen and oxygen atoms in total. The number of hydrogen-bond acceptors (Lipinski definition) is 1. The van der Waals surface area contributed by atoms with Gasteiger partial charge in [0.15, 0.2) is 0 Å². The number of aromatic nitrogens is 2. The maximum absolute atomic E-state index is 9.08. The molecule has 0 amide bonds. The fourth-order valence-electron chi connectivity index (χ4n) is 4.79. The van der Waals surface area contributed by atoms with Crippen molar-refractivity contribution in [1.29, 1.82) is 0 Å². The summed E-state index contributed by atoms with van der Waals surface area (Å²) in [4.78, 5) is 4.63. The highest BCUT2D eigenvalue weighted by Crippen LogP contribution is 2.43. The van der Waals surface area contributed by atoms with Gasteiger partial charge in [-0.05, 0) is 75.0 Å². The third-order valence-corrected chi connectivity index (χ3v) is 6.27. The maximum Gasteiger partial charge on any atom is 0.111 e. The molecule has 7 rings (SSSR count). The molecule has 0 aliphatic carbocycles. The monoisotopic (exact) mass is 473 g/mol. The van der Waals surface area contributed by atoms with Crippen molar-refractivity contribution in [3.8, 4) is 27.9 Å². The van der Waals surface area contributed by atoms with Gasteiger partial charge in [-0.2, -0.15) is 0 Å². The smallest absolute Gasteiger partial charge is 0.111 e. The Bertz CT molecular complexity index is 2480. The van der Waals surface area contributed by atoms with Crippen LogP contribution in [-0.4, -0.2) is 9.55 Å². The summed E-state index contributed by atoms with van der Waals surface area (Å²) in [5.41, 5.74) is 2.07. The molecule has 0 fully saturated rings. The lowest BCUT2D eigenvalue weighted by Crippen LogP contribution is -1.97. The highest BCUT2D eigenvalue weighted by atomic mass is 15.1. The van der Waals surface area contributed by atoms with E-state index in [1.54, 1.807) is 24.3 Å². The number of hydrogen-bond donors (Lipinski definition) is 0. The molecule has 0 unspecified atom stereocenters. The molecule has 0 bridgehead atoms. The molecule has 0 aliphatic rings. The highest BCUT2D eigenvalue weighted by Gasteiger charge is 2.16. The zero-order valence-corrected chi connectivity index (χ0v) is 19.0. The maximum atomic E-state index is 9.08. The van der Waals surface area contributed by atoms with E-state index < -0.39 is 84.1 Å². The van der Waals surface area contributed by atoms with E-state index in [-0.39, 0.29) is 32.7 Å². The van der Waals surface area contributed by atoms with Gasteiger partial charge in [-0.25, -0.2) is 4.98 Å². The molecule has 0 atom stereocenters. The molecule has 0 aliphatic heterocycles. The normalized spacial score (nSPS) is 16.5. The molecule has 0 spiro atoms. The first-order valence-electron chi connectivity index (χ1n) is 17.8. The van der Waals surface area contributed by atoms with Gasteiger partial charge in [0.2, 0.25) is 0 Å². The van der Waals surface area contributed by atoms with Gasteiger partial charge in [0.05, 0.1) is 28.9 Å². The largest absolute Gasteiger partial charge is 0.297 e. The van der Waals surface area contributed by atoms with Crippen LogP contribution in [0.2, 0.25) is 0 Å². The van der Waals surface area contributed by atoms with Gasteiger partial charge < -0.3 is 0 Å². The van der Waals surface area contributed by atoms with Crippen LogP contribution in [0.3, 0.4) is 0 Å². The number of benzene rings is 6. The van der Waals surface area contributed by atoms with Crippen LogP contribution in [0.15, 0.2) is 127 Å². The Morgan fingerprint density at radius 2 is 1.11 bits per heavy atom. The van der Waals surface area contributed by atoms with Crippen LogP contribution < -0.4 is 0 Å². The highest BCUT2D eigenvalue weighted by molar-refractivity contribution is 6.21. The van der Waals surface area contributed by atoms with Crippen LogP contribution in [0.1, 0.15) is 23.6 Å². The predicted molar refractivity (Wildman–Crippen MR) is 152 cm³/mol. The van der Waals surface area contributed by atoms with Gasteiger partial charge in [0.1, 0.15) is 5.82 Å². The van der Waals surface area contributed by atoms with Crippen LogP contribution in [0.25, 0.3) is 60.5 Å². The summed E-state index contributed by atoms with van der Waals surface area (Å²) in [5, 5.41) is -0.722. The Morgan fingerprint density at radius 1 is 0.583 bits per heavy atom. The van der Waals surface area contributed by atoms with Crippen molar-refractivity contribution in [3.63, 3.8) is 0 Å². The van der Waals surface area contributed by atoms with E-state index in [0.29, 0.717) is 5.56 Å². The summed E-state index contributed by atoms with van der Waals surface area (Å²) >= 11 is 0. The topological polar surface area (TPSA) is 17.8 Å². The van der Waals surface area contributed by atoms with Crippen molar-refractivity contribution in [2.75, 3.05) is 0 Å². The lowest BCUT2D eigenvalue weighted by molar-refractivity contribution is 1.00. The molecule has 36 heavy (non-hydrogen) atoms. The van der Waals surface area contributed by atoms with Gasteiger partial charge in [-0.3, -0.25) is 4.57 Å². The second-order valence-corrected chi connectivity index (χ2v) is 8.28. The molecule has 170 valence electrons. The second-order valence-electron chi connectivity index (χ2n) is 8.28. The summed E-state index contributed by atoms with van der Waals surface area (Å²) < 4.78 is 115. The minimum Gasteiger partial charge on any atom is -0.297 e. The Balaban J connectivity index is 1.71. The molecule has 0 radical (unpaired) electrons. The van der Waals surface area contributed by atoms with Gasteiger partial charge >= 0.3 is 0 Å². The summed E-state index contributed by atoms with van der Waals surface area (Å²) in [6.07, 6.45) is 0. The first kappa shape index (κ1) is 11.4. The van der Waals surface area contributed by atoms with E-state index in [1.807, 2.05) is 35.8 Å². The lowest BCUT2D eigenvalue weighted by atomic mass is 9.86.